The maximum absolute atomic E-state index is 12.3. The molecule has 1 heterocycles. The average molecular weight is 278 g/mol. The van der Waals surface area contributed by atoms with Crippen LogP contribution in [-0.4, -0.2) is 35.7 Å². The molecule has 1 fully saturated rings. The molecule has 0 unspecified atom stereocenters. The van der Waals surface area contributed by atoms with Crippen LogP contribution in [0.25, 0.3) is 0 Å². The number of anilines is 1. The van der Waals surface area contributed by atoms with Gasteiger partial charge in [0.25, 0.3) is 0 Å². The lowest BCUT2D eigenvalue weighted by Gasteiger charge is -2.32. The highest BCUT2D eigenvalue weighted by Crippen LogP contribution is 2.23. The number of benzene rings is 1. The van der Waals surface area contributed by atoms with Crippen molar-refractivity contribution in [3.05, 3.63) is 29.3 Å². The average Bonchev–Trinajstić information content (AvgIpc) is 2.39. The fourth-order valence-electron chi connectivity index (χ4n) is 2.27. The number of ether oxygens (including phenoxy) is 1. The van der Waals surface area contributed by atoms with Crippen LogP contribution in [0.1, 0.15) is 28.8 Å². The lowest BCUT2D eigenvalue weighted by molar-refractivity contribution is -0.124. The van der Waals surface area contributed by atoms with Crippen LogP contribution in [-0.2, 0) is 9.53 Å². The molecule has 0 saturated carbocycles. The molecular weight excluding hydrogens is 260 g/mol. The zero-order valence-electron chi connectivity index (χ0n) is 11.3. The molecule has 0 atom stereocenters. The topological polar surface area (TPSA) is 102 Å². The van der Waals surface area contributed by atoms with Gasteiger partial charge in [-0.15, -0.1) is 0 Å². The molecule has 1 saturated heterocycles. The largest absolute Gasteiger partial charge is 0.478 e. The van der Waals surface area contributed by atoms with Gasteiger partial charge in [-0.25, -0.2) is 4.79 Å². The van der Waals surface area contributed by atoms with Crippen molar-refractivity contribution in [1.82, 2.24) is 0 Å². The fourth-order valence-corrected chi connectivity index (χ4v) is 2.27. The van der Waals surface area contributed by atoms with E-state index in [1.807, 2.05) is 0 Å². The third kappa shape index (κ3) is 2.81. The van der Waals surface area contributed by atoms with Crippen molar-refractivity contribution in [1.29, 1.82) is 0 Å². The van der Waals surface area contributed by atoms with Crippen molar-refractivity contribution < 1.29 is 19.4 Å². The number of nitrogens with two attached hydrogens (primary N) is 1. The maximum Gasteiger partial charge on any atom is 0.338 e. The number of nitrogens with one attached hydrogen (secondary N) is 1. The van der Waals surface area contributed by atoms with Gasteiger partial charge in [0.2, 0.25) is 5.91 Å². The third-order valence-corrected chi connectivity index (χ3v) is 3.57. The molecule has 6 heteroatoms. The highest BCUT2D eigenvalue weighted by Gasteiger charge is 2.36. The van der Waals surface area contributed by atoms with Crippen LogP contribution in [0, 0.1) is 6.92 Å². The lowest BCUT2D eigenvalue weighted by atomic mass is 9.90. The molecule has 108 valence electrons. The number of aryl methyl sites for hydroxylation is 1. The van der Waals surface area contributed by atoms with E-state index in [1.54, 1.807) is 25.1 Å². The van der Waals surface area contributed by atoms with E-state index >= 15 is 0 Å². The SMILES string of the molecule is Cc1cccc(NC(=O)C2(N)CCOCC2)c1C(=O)O. The van der Waals surface area contributed by atoms with Gasteiger partial charge < -0.3 is 20.9 Å². The Labute approximate surface area is 116 Å². The number of amides is 1. The number of carboxylic acids is 1. The van der Waals surface area contributed by atoms with Crippen LogP contribution in [0.4, 0.5) is 5.69 Å². The molecule has 4 N–H and O–H groups in total. The second kappa shape index (κ2) is 5.60. The van der Waals surface area contributed by atoms with E-state index in [9.17, 15) is 14.7 Å². The fraction of sp³-hybridized carbons (Fsp3) is 0.429. The van der Waals surface area contributed by atoms with Crippen molar-refractivity contribution in [3.63, 3.8) is 0 Å². The van der Waals surface area contributed by atoms with Crippen LogP contribution in [0.15, 0.2) is 18.2 Å². The highest BCUT2D eigenvalue weighted by atomic mass is 16.5. The molecule has 1 aliphatic rings. The highest BCUT2D eigenvalue weighted by molar-refractivity contribution is 6.04. The summed E-state index contributed by atoms with van der Waals surface area (Å²) in [5.74, 6) is -1.44. The van der Waals surface area contributed by atoms with Gasteiger partial charge in [-0.2, -0.15) is 0 Å². The van der Waals surface area contributed by atoms with Crippen molar-refractivity contribution in [2.75, 3.05) is 18.5 Å². The minimum atomic E-state index is -1.07. The third-order valence-electron chi connectivity index (χ3n) is 3.57. The molecule has 0 aromatic heterocycles. The summed E-state index contributed by atoms with van der Waals surface area (Å²) in [6.07, 6.45) is 0.847. The Bertz CT molecular complexity index is 536. The normalized spacial score (nSPS) is 17.5. The molecule has 20 heavy (non-hydrogen) atoms. The van der Waals surface area contributed by atoms with E-state index in [0.717, 1.165) is 0 Å². The van der Waals surface area contributed by atoms with Crippen molar-refractivity contribution in [3.8, 4) is 0 Å². The van der Waals surface area contributed by atoms with Crippen LogP contribution in [0.5, 0.6) is 0 Å². The Morgan fingerprint density at radius 1 is 1.35 bits per heavy atom. The number of carboxylic acid groups (broad SMARTS) is 1. The summed E-state index contributed by atoms with van der Waals surface area (Å²) < 4.78 is 5.19. The Kier molecular flexibility index (Phi) is 4.06. The van der Waals surface area contributed by atoms with E-state index in [0.29, 0.717) is 31.6 Å². The Hall–Kier alpha value is -1.92. The molecule has 1 aliphatic heterocycles. The second-order valence-corrected chi connectivity index (χ2v) is 5.03. The molecule has 1 amide bonds. The molecule has 1 aromatic carbocycles. The summed E-state index contributed by atoms with van der Waals surface area (Å²) in [6, 6.07) is 4.95. The number of aromatic carboxylic acids is 1. The van der Waals surface area contributed by atoms with Gasteiger partial charge in [-0.1, -0.05) is 12.1 Å². The molecule has 0 aliphatic carbocycles. The van der Waals surface area contributed by atoms with Gasteiger partial charge >= 0.3 is 5.97 Å². The molecule has 6 nitrogen and oxygen atoms in total. The quantitative estimate of drug-likeness (QED) is 0.769. The number of rotatable bonds is 3. The summed E-state index contributed by atoms with van der Waals surface area (Å²) in [6.45, 7) is 2.55. The zero-order valence-corrected chi connectivity index (χ0v) is 11.3. The monoisotopic (exact) mass is 278 g/mol. The van der Waals surface area contributed by atoms with Crippen LogP contribution in [0.2, 0.25) is 0 Å². The van der Waals surface area contributed by atoms with E-state index in [4.69, 9.17) is 10.5 Å². The predicted octanol–water partition coefficient (Wildman–Crippen LogP) is 1.14. The zero-order chi connectivity index (χ0) is 14.8. The summed E-state index contributed by atoms with van der Waals surface area (Å²) in [4.78, 5) is 23.6. The summed E-state index contributed by atoms with van der Waals surface area (Å²) >= 11 is 0. The first-order valence-corrected chi connectivity index (χ1v) is 6.45. The first-order valence-electron chi connectivity index (χ1n) is 6.45. The Morgan fingerprint density at radius 3 is 2.60 bits per heavy atom. The standard InChI is InChI=1S/C14H18N2O4/c1-9-3-2-4-10(11(9)12(17)18)16-13(19)14(15)5-7-20-8-6-14/h2-4H,5-8,15H2,1H3,(H,16,19)(H,17,18). The Balaban J connectivity index is 2.24. The first-order chi connectivity index (χ1) is 9.44. The van der Waals surface area contributed by atoms with Crippen molar-refractivity contribution in [2.45, 2.75) is 25.3 Å². The van der Waals surface area contributed by atoms with Gasteiger partial charge in [-0.05, 0) is 31.4 Å². The van der Waals surface area contributed by atoms with E-state index < -0.39 is 11.5 Å². The smallest absolute Gasteiger partial charge is 0.338 e. The van der Waals surface area contributed by atoms with Crippen molar-refractivity contribution in [2.24, 2.45) is 5.73 Å². The van der Waals surface area contributed by atoms with Gasteiger partial charge in [0.1, 0.15) is 5.54 Å². The maximum atomic E-state index is 12.3. The number of hydrogen-bond acceptors (Lipinski definition) is 4. The predicted molar refractivity (Wildman–Crippen MR) is 73.7 cm³/mol. The number of hydrogen-bond donors (Lipinski definition) is 3. The van der Waals surface area contributed by atoms with Gasteiger partial charge in [0, 0.05) is 13.2 Å². The molecule has 0 spiro atoms. The summed E-state index contributed by atoms with van der Waals surface area (Å²) in [5, 5.41) is 11.9. The molecule has 2 rings (SSSR count). The Morgan fingerprint density at radius 2 is 2.00 bits per heavy atom. The van der Waals surface area contributed by atoms with Crippen molar-refractivity contribution >= 4 is 17.6 Å². The van der Waals surface area contributed by atoms with Gasteiger partial charge in [-0.3, -0.25) is 4.79 Å². The summed E-state index contributed by atoms with van der Waals surface area (Å²) in [7, 11) is 0. The lowest BCUT2D eigenvalue weighted by Crippen LogP contribution is -2.54. The molecule has 1 aromatic rings. The van der Waals surface area contributed by atoms with E-state index in [1.165, 1.54) is 0 Å². The molecule has 0 radical (unpaired) electrons. The van der Waals surface area contributed by atoms with Crippen LogP contribution >= 0.6 is 0 Å². The number of carbonyl (C=O) groups is 2. The minimum absolute atomic E-state index is 0.0940. The second-order valence-electron chi connectivity index (χ2n) is 5.03. The van der Waals surface area contributed by atoms with E-state index in [2.05, 4.69) is 5.32 Å². The van der Waals surface area contributed by atoms with E-state index in [-0.39, 0.29) is 17.2 Å². The molecule has 0 bridgehead atoms. The first kappa shape index (κ1) is 14.5. The molecular formula is C14H18N2O4. The van der Waals surface area contributed by atoms with Gasteiger partial charge in [0.15, 0.2) is 0 Å². The number of carbonyl (C=O) groups excluding carboxylic acids is 1. The minimum Gasteiger partial charge on any atom is -0.478 e. The van der Waals surface area contributed by atoms with Crippen LogP contribution < -0.4 is 11.1 Å². The van der Waals surface area contributed by atoms with Gasteiger partial charge in [0.05, 0.1) is 11.3 Å². The summed E-state index contributed by atoms with van der Waals surface area (Å²) in [5.41, 5.74) is 6.03. The van der Waals surface area contributed by atoms with Crippen LogP contribution in [0.3, 0.4) is 0 Å².